The maximum absolute atomic E-state index is 10.6. The van der Waals surface area contributed by atoms with Crippen LogP contribution in [0.1, 0.15) is 55.9 Å². The normalized spacial score (nSPS) is 22.9. The first-order chi connectivity index (χ1) is 9.97. The second-order valence-corrected chi connectivity index (χ2v) is 7.23. The van der Waals surface area contributed by atoms with Crippen molar-refractivity contribution in [3.63, 3.8) is 0 Å². The summed E-state index contributed by atoms with van der Waals surface area (Å²) < 4.78 is 0. The highest BCUT2D eigenvalue weighted by Crippen LogP contribution is 2.54. The van der Waals surface area contributed by atoms with E-state index < -0.39 is 0 Å². The summed E-state index contributed by atoms with van der Waals surface area (Å²) >= 11 is 0. The molecule has 0 saturated heterocycles. The van der Waals surface area contributed by atoms with Gasteiger partial charge in [-0.05, 0) is 40.4 Å². The predicted octanol–water partition coefficient (Wildman–Crippen LogP) is 4.82. The topological polar surface area (TPSA) is 20.2 Å². The Kier molecular flexibility index (Phi) is 3.62. The molecule has 0 amide bonds. The fraction of sp³-hybridized carbons (Fsp3) is 0.400. The van der Waals surface area contributed by atoms with Gasteiger partial charge in [-0.1, -0.05) is 75.4 Å². The fourth-order valence-corrected chi connectivity index (χ4v) is 3.07. The van der Waals surface area contributed by atoms with Crippen LogP contribution in [0.4, 0.5) is 0 Å². The molecule has 1 heteroatoms. The van der Waals surface area contributed by atoms with E-state index >= 15 is 0 Å². The quantitative estimate of drug-likeness (QED) is 0.854. The minimum Gasteiger partial charge on any atom is -0.388 e. The van der Waals surface area contributed by atoms with Gasteiger partial charge in [-0.3, -0.25) is 0 Å². The van der Waals surface area contributed by atoms with E-state index in [1.807, 2.05) is 6.07 Å². The van der Waals surface area contributed by atoms with E-state index in [0.29, 0.717) is 11.8 Å². The van der Waals surface area contributed by atoms with Gasteiger partial charge in [0, 0.05) is 0 Å². The van der Waals surface area contributed by atoms with Gasteiger partial charge in [0.15, 0.2) is 0 Å². The van der Waals surface area contributed by atoms with Crippen LogP contribution in [-0.2, 0) is 5.41 Å². The summed E-state index contributed by atoms with van der Waals surface area (Å²) in [6.07, 6.45) is 0.746. The maximum atomic E-state index is 10.6. The molecular formula is C20H24O. The summed E-state index contributed by atoms with van der Waals surface area (Å²) in [5, 5.41) is 10.6. The molecule has 1 aliphatic rings. The lowest BCUT2D eigenvalue weighted by Crippen LogP contribution is -2.11. The van der Waals surface area contributed by atoms with Crippen LogP contribution >= 0.6 is 0 Å². The molecule has 3 unspecified atom stereocenters. The second-order valence-electron chi connectivity index (χ2n) is 7.23. The van der Waals surface area contributed by atoms with Gasteiger partial charge in [-0.25, -0.2) is 0 Å². The average molecular weight is 280 g/mol. The zero-order chi connectivity index (χ0) is 15.0. The molecule has 0 spiro atoms. The molecule has 0 heterocycles. The number of rotatable bonds is 3. The predicted molar refractivity (Wildman–Crippen MR) is 87.4 cm³/mol. The first kappa shape index (κ1) is 14.3. The Bertz CT molecular complexity index is 592. The summed E-state index contributed by atoms with van der Waals surface area (Å²) in [5.74, 6) is 0.886. The molecule has 3 rings (SSSR count). The van der Waals surface area contributed by atoms with Crippen LogP contribution in [-0.4, -0.2) is 5.11 Å². The Morgan fingerprint density at radius 1 is 0.952 bits per heavy atom. The molecule has 21 heavy (non-hydrogen) atoms. The van der Waals surface area contributed by atoms with E-state index in [1.165, 1.54) is 11.1 Å². The van der Waals surface area contributed by atoms with Crippen molar-refractivity contribution in [3.05, 3.63) is 71.3 Å². The Morgan fingerprint density at radius 2 is 1.57 bits per heavy atom. The van der Waals surface area contributed by atoms with Crippen molar-refractivity contribution in [2.45, 2.75) is 44.6 Å². The standard InChI is InChI=1S/C20H24O/c1-20(2,3)16-11-9-15(10-12-16)19(21)18-13-17(18)14-7-5-4-6-8-14/h4-12,17-19,21H,13H2,1-3H3. The zero-order valence-corrected chi connectivity index (χ0v) is 13.1. The van der Waals surface area contributed by atoms with E-state index in [9.17, 15) is 5.11 Å². The molecule has 1 nitrogen and oxygen atoms in total. The van der Waals surface area contributed by atoms with Gasteiger partial charge in [0.25, 0.3) is 0 Å². The lowest BCUT2D eigenvalue weighted by Gasteiger charge is -2.20. The summed E-state index contributed by atoms with van der Waals surface area (Å²) in [6.45, 7) is 6.64. The highest BCUT2D eigenvalue weighted by Gasteiger charge is 2.43. The van der Waals surface area contributed by atoms with Crippen molar-refractivity contribution in [1.29, 1.82) is 0 Å². The van der Waals surface area contributed by atoms with Gasteiger partial charge in [-0.2, -0.15) is 0 Å². The zero-order valence-electron chi connectivity index (χ0n) is 13.1. The molecule has 1 fully saturated rings. The molecule has 0 aliphatic heterocycles. The third-order valence-corrected chi connectivity index (χ3v) is 4.59. The smallest absolute Gasteiger partial charge is 0.0824 e. The fourth-order valence-electron chi connectivity index (χ4n) is 3.07. The number of aliphatic hydroxyl groups excluding tert-OH is 1. The largest absolute Gasteiger partial charge is 0.388 e. The summed E-state index contributed by atoms with van der Waals surface area (Å²) in [5.41, 5.74) is 3.88. The molecule has 3 atom stereocenters. The SMILES string of the molecule is CC(C)(C)c1ccc(C(O)C2CC2c2ccccc2)cc1. The molecule has 110 valence electrons. The molecule has 0 bridgehead atoms. The van der Waals surface area contributed by atoms with Crippen LogP contribution in [0.2, 0.25) is 0 Å². The van der Waals surface area contributed by atoms with E-state index in [1.54, 1.807) is 0 Å². The number of hydrogen-bond donors (Lipinski definition) is 1. The van der Waals surface area contributed by atoms with Crippen LogP contribution < -0.4 is 0 Å². The molecule has 1 aliphatic carbocycles. The first-order valence-corrected chi connectivity index (χ1v) is 7.80. The van der Waals surface area contributed by atoms with Gasteiger partial charge >= 0.3 is 0 Å². The molecule has 0 radical (unpaired) electrons. The Labute approximate surface area is 127 Å². The molecule has 0 aromatic heterocycles. The van der Waals surface area contributed by atoms with Gasteiger partial charge in [0.05, 0.1) is 6.10 Å². The van der Waals surface area contributed by atoms with Gasteiger partial charge in [0.2, 0.25) is 0 Å². The van der Waals surface area contributed by atoms with Crippen LogP contribution in [0.5, 0.6) is 0 Å². The molecule has 1 saturated carbocycles. The minimum absolute atomic E-state index is 0.162. The third-order valence-electron chi connectivity index (χ3n) is 4.59. The van der Waals surface area contributed by atoms with Crippen LogP contribution in [0.3, 0.4) is 0 Å². The summed E-state index contributed by atoms with van der Waals surface area (Å²) in [7, 11) is 0. The Balaban J connectivity index is 1.71. The summed E-state index contributed by atoms with van der Waals surface area (Å²) in [4.78, 5) is 0. The van der Waals surface area contributed by atoms with Gasteiger partial charge < -0.3 is 5.11 Å². The maximum Gasteiger partial charge on any atom is 0.0824 e. The lowest BCUT2D eigenvalue weighted by atomic mass is 9.86. The molecule has 2 aromatic carbocycles. The van der Waals surface area contributed by atoms with Crippen molar-refractivity contribution in [3.8, 4) is 0 Å². The van der Waals surface area contributed by atoms with E-state index in [-0.39, 0.29) is 11.5 Å². The summed E-state index contributed by atoms with van der Waals surface area (Å²) in [6, 6.07) is 19.0. The highest BCUT2D eigenvalue weighted by molar-refractivity contribution is 5.32. The Hall–Kier alpha value is -1.60. The van der Waals surface area contributed by atoms with E-state index in [2.05, 4.69) is 69.3 Å². The van der Waals surface area contributed by atoms with Gasteiger partial charge in [-0.15, -0.1) is 0 Å². The van der Waals surface area contributed by atoms with E-state index in [4.69, 9.17) is 0 Å². The van der Waals surface area contributed by atoms with Crippen molar-refractivity contribution in [1.82, 2.24) is 0 Å². The highest BCUT2D eigenvalue weighted by atomic mass is 16.3. The van der Waals surface area contributed by atoms with Crippen LogP contribution in [0, 0.1) is 5.92 Å². The molecule has 1 N–H and O–H groups in total. The Morgan fingerprint density at radius 3 is 2.14 bits per heavy atom. The van der Waals surface area contributed by atoms with Crippen molar-refractivity contribution in [2.75, 3.05) is 0 Å². The van der Waals surface area contributed by atoms with Gasteiger partial charge in [0.1, 0.15) is 0 Å². The number of hydrogen-bond acceptors (Lipinski definition) is 1. The van der Waals surface area contributed by atoms with Crippen molar-refractivity contribution < 1.29 is 5.11 Å². The third kappa shape index (κ3) is 3.03. The van der Waals surface area contributed by atoms with Crippen LogP contribution in [0.15, 0.2) is 54.6 Å². The number of benzene rings is 2. The molecule has 2 aromatic rings. The minimum atomic E-state index is -0.343. The monoisotopic (exact) mass is 280 g/mol. The molecular weight excluding hydrogens is 256 g/mol. The van der Waals surface area contributed by atoms with E-state index in [0.717, 1.165) is 12.0 Å². The number of aliphatic hydroxyl groups is 1. The van der Waals surface area contributed by atoms with Crippen molar-refractivity contribution in [2.24, 2.45) is 5.92 Å². The lowest BCUT2D eigenvalue weighted by molar-refractivity contribution is 0.151. The van der Waals surface area contributed by atoms with Crippen molar-refractivity contribution >= 4 is 0 Å². The first-order valence-electron chi connectivity index (χ1n) is 7.80. The van der Waals surface area contributed by atoms with Crippen LogP contribution in [0.25, 0.3) is 0 Å². The second kappa shape index (κ2) is 5.31. The average Bonchev–Trinajstić information content (AvgIpc) is 3.27.